The van der Waals surface area contributed by atoms with Crippen molar-refractivity contribution in [1.29, 1.82) is 0 Å². The Bertz CT molecular complexity index is 1120. The molecule has 0 saturated carbocycles. The molecule has 32 heavy (non-hydrogen) atoms. The molecule has 0 saturated heterocycles. The molecule has 0 aliphatic rings. The zero-order chi connectivity index (χ0) is 23.5. The molecule has 1 aromatic heterocycles. The second-order valence-electron chi connectivity index (χ2n) is 6.36. The van der Waals surface area contributed by atoms with Crippen molar-refractivity contribution in [3.05, 3.63) is 82.1 Å². The molecule has 0 spiro atoms. The molecule has 1 N–H and O–H groups in total. The number of hydrogen-bond acceptors (Lipinski definition) is 5. The van der Waals surface area contributed by atoms with Crippen molar-refractivity contribution in [2.24, 2.45) is 0 Å². The first-order valence-corrected chi connectivity index (χ1v) is 9.11. The quantitative estimate of drug-likeness (QED) is 0.348. The molecule has 0 amide bonds. The highest BCUT2D eigenvalue weighted by molar-refractivity contribution is 6.30. The maximum Gasteiger partial charge on any atom is 0.434 e. The number of carbonyl (C=O) groups is 1. The van der Waals surface area contributed by atoms with Crippen LogP contribution in [0.2, 0.25) is 5.02 Å². The molecule has 1 heterocycles. The molecule has 12 heteroatoms. The van der Waals surface area contributed by atoms with Gasteiger partial charge in [0.2, 0.25) is 5.95 Å². The lowest BCUT2D eigenvalue weighted by atomic mass is 10.2. The van der Waals surface area contributed by atoms with E-state index in [1.165, 1.54) is 30.3 Å². The molecule has 0 fully saturated rings. The van der Waals surface area contributed by atoms with Crippen molar-refractivity contribution in [3.63, 3.8) is 0 Å². The first-order chi connectivity index (χ1) is 14.9. The zero-order valence-corrected chi connectivity index (χ0v) is 16.5. The zero-order valence-electron chi connectivity index (χ0n) is 15.8. The smallest absolute Gasteiger partial charge is 0.434 e. The van der Waals surface area contributed by atoms with Crippen molar-refractivity contribution in [3.8, 4) is 0 Å². The first kappa shape index (κ1) is 23.3. The molecule has 0 aliphatic carbocycles. The Morgan fingerprint density at radius 2 is 1.69 bits per heavy atom. The van der Waals surface area contributed by atoms with Gasteiger partial charge in [0.15, 0.2) is 5.69 Å². The van der Waals surface area contributed by atoms with Gasteiger partial charge < -0.3 is 10.1 Å². The van der Waals surface area contributed by atoms with Crippen molar-refractivity contribution in [2.75, 3.05) is 5.32 Å². The Labute approximate surface area is 182 Å². The van der Waals surface area contributed by atoms with E-state index in [-0.39, 0.29) is 12.3 Å². The third-order valence-corrected chi connectivity index (χ3v) is 4.26. The number of alkyl halides is 6. The van der Waals surface area contributed by atoms with Gasteiger partial charge in [0.1, 0.15) is 12.2 Å². The average Bonchev–Trinajstić information content (AvgIpc) is 2.72. The van der Waals surface area contributed by atoms with E-state index in [2.05, 4.69) is 15.3 Å². The van der Waals surface area contributed by atoms with Gasteiger partial charge in [0.05, 0.1) is 5.56 Å². The fourth-order valence-electron chi connectivity index (χ4n) is 2.52. The predicted molar refractivity (Wildman–Crippen MR) is 102 cm³/mol. The summed E-state index contributed by atoms with van der Waals surface area (Å²) in [5.41, 5.74) is -3.25. The monoisotopic (exact) mass is 475 g/mol. The third kappa shape index (κ3) is 5.88. The number of rotatable bonds is 5. The van der Waals surface area contributed by atoms with Crippen LogP contribution in [0.15, 0.2) is 54.7 Å². The van der Waals surface area contributed by atoms with Gasteiger partial charge in [0.25, 0.3) is 0 Å². The van der Waals surface area contributed by atoms with Crippen LogP contribution in [0.4, 0.5) is 38.0 Å². The molecule has 2 aromatic carbocycles. The van der Waals surface area contributed by atoms with E-state index >= 15 is 0 Å². The highest BCUT2D eigenvalue weighted by atomic mass is 35.5. The Balaban J connectivity index is 1.83. The van der Waals surface area contributed by atoms with Crippen LogP contribution in [-0.4, -0.2) is 15.9 Å². The van der Waals surface area contributed by atoms with E-state index in [0.29, 0.717) is 22.8 Å². The summed E-state index contributed by atoms with van der Waals surface area (Å²) >= 11 is 5.73. The highest BCUT2D eigenvalue weighted by Crippen LogP contribution is 2.33. The standard InChI is InChI=1S/C20H12ClF6N3O2/c21-13-6-4-11(5-7-13)10-32-17(31)15-9-28-18(30-16(15)20(25,26)27)29-14-3-1-2-12(8-14)19(22,23)24/h1-9H,10H2,(H,28,29,30). The van der Waals surface area contributed by atoms with Gasteiger partial charge in [-0.25, -0.2) is 14.8 Å². The number of aromatic nitrogens is 2. The second kappa shape index (κ2) is 9.03. The largest absolute Gasteiger partial charge is 0.457 e. The van der Waals surface area contributed by atoms with Crippen molar-refractivity contribution < 1.29 is 35.9 Å². The number of nitrogens with one attached hydrogen (secondary N) is 1. The number of carbonyl (C=O) groups excluding carboxylic acids is 1. The summed E-state index contributed by atoms with van der Waals surface area (Å²) in [6, 6.07) is 9.83. The Morgan fingerprint density at radius 3 is 2.31 bits per heavy atom. The van der Waals surface area contributed by atoms with Gasteiger partial charge in [-0.15, -0.1) is 0 Å². The molecule has 5 nitrogen and oxygen atoms in total. The highest BCUT2D eigenvalue weighted by Gasteiger charge is 2.39. The molecule has 0 radical (unpaired) electrons. The molecule has 0 bridgehead atoms. The van der Waals surface area contributed by atoms with Crippen molar-refractivity contribution in [2.45, 2.75) is 19.0 Å². The Kier molecular flexibility index (Phi) is 6.58. The van der Waals surface area contributed by atoms with Crippen LogP contribution < -0.4 is 5.32 Å². The summed E-state index contributed by atoms with van der Waals surface area (Å²) in [4.78, 5) is 19.1. The van der Waals surface area contributed by atoms with E-state index in [1.54, 1.807) is 0 Å². The molecule has 0 unspecified atom stereocenters. The number of esters is 1. The minimum absolute atomic E-state index is 0.189. The molecular formula is C20H12ClF6N3O2. The normalized spacial score (nSPS) is 11.8. The average molecular weight is 476 g/mol. The van der Waals surface area contributed by atoms with E-state index in [9.17, 15) is 31.1 Å². The lowest BCUT2D eigenvalue weighted by Crippen LogP contribution is -2.19. The van der Waals surface area contributed by atoms with Gasteiger partial charge in [-0.05, 0) is 35.9 Å². The van der Waals surface area contributed by atoms with Gasteiger partial charge in [-0.1, -0.05) is 29.8 Å². The fraction of sp³-hybridized carbons (Fsp3) is 0.150. The van der Waals surface area contributed by atoms with Crippen LogP contribution in [0.1, 0.15) is 27.2 Å². The molecule has 3 aromatic rings. The number of halogens is 7. The number of benzene rings is 2. The van der Waals surface area contributed by atoms with E-state index in [1.807, 2.05) is 0 Å². The summed E-state index contributed by atoms with van der Waals surface area (Å²) in [5, 5.41) is 2.70. The third-order valence-electron chi connectivity index (χ3n) is 4.01. The van der Waals surface area contributed by atoms with Crippen LogP contribution in [0.25, 0.3) is 0 Å². The number of nitrogens with zero attached hydrogens (tertiary/aromatic N) is 2. The summed E-state index contributed by atoms with van der Waals surface area (Å²) in [6.45, 7) is -0.322. The molecule has 3 rings (SSSR count). The van der Waals surface area contributed by atoms with Gasteiger partial charge in [0, 0.05) is 16.9 Å². The first-order valence-electron chi connectivity index (χ1n) is 8.73. The fourth-order valence-corrected chi connectivity index (χ4v) is 2.64. The van der Waals surface area contributed by atoms with Crippen LogP contribution in [-0.2, 0) is 23.7 Å². The number of ether oxygens (including phenoxy) is 1. The summed E-state index contributed by atoms with van der Waals surface area (Å²) in [5.74, 6) is -1.97. The molecule has 168 valence electrons. The topological polar surface area (TPSA) is 64.1 Å². The Hall–Kier alpha value is -3.34. The van der Waals surface area contributed by atoms with Crippen molar-refractivity contribution in [1.82, 2.24) is 9.97 Å². The predicted octanol–water partition coefficient (Wildman–Crippen LogP) is 6.27. The molecule has 0 aliphatic heterocycles. The molecular weight excluding hydrogens is 464 g/mol. The van der Waals surface area contributed by atoms with E-state index < -0.39 is 41.1 Å². The number of anilines is 2. The van der Waals surface area contributed by atoms with Crippen LogP contribution in [0, 0.1) is 0 Å². The number of hydrogen-bond donors (Lipinski definition) is 1. The van der Waals surface area contributed by atoms with E-state index in [4.69, 9.17) is 16.3 Å². The van der Waals surface area contributed by atoms with Crippen molar-refractivity contribution >= 4 is 29.2 Å². The lowest BCUT2D eigenvalue weighted by Gasteiger charge is -2.14. The summed E-state index contributed by atoms with van der Waals surface area (Å²) in [6.07, 6.45) is -9.11. The van der Waals surface area contributed by atoms with Crippen LogP contribution in [0.5, 0.6) is 0 Å². The molecule has 0 atom stereocenters. The van der Waals surface area contributed by atoms with E-state index in [0.717, 1.165) is 12.1 Å². The SMILES string of the molecule is O=C(OCc1ccc(Cl)cc1)c1cnc(Nc2cccc(C(F)(F)F)c2)nc1C(F)(F)F. The van der Waals surface area contributed by atoms with Crippen LogP contribution in [0.3, 0.4) is 0 Å². The van der Waals surface area contributed by atoms with Gasteiger partial charge in [-0.2, -0.15) is 26.3 Å². The Morgan fingerprint density at radius 1 is 1.00 bits per heavy atom. The lowest BCUT2D eigenvalue weighted by molar-refractivity contribution is -0.141. The summed E-state index contributed by atoms with van der Waals surface area (Å²) in [7, 11) is 0. The maximum absolute atomic E-state index is 13.5. The second-order valence-corrected chi connectivity index (χ2v) is 6.80. The minimum Gasteiger partial charge on any atom is -0.457 e. The minimum atomic E-state index is -5.05. The maximum atomic E-state index is 13.5. The van der Waals surface area contributed by atoms with Gasteiger partial charge in [-0.3, -0.25) is 0 Å². The summed E-state index contributed by atoms with van der Waals surface area (Å²) < 4.78 is 83.7. The van der Waals surface area contributed by atoms with Crippen LogP contribution >= 0.6 is 11.6 Å². The van der Waals surface area contributed by atoms with Gasteiger partial charge >= 0.3 is 18.3 Å².